The van der Waals surface area contributed by atoms with Crippen LogP contribution in [0.25, 0.3) is 0 Å². The number of fused-ring (bicyclic) bond motifs is 1. The summed E-state index contributed by atoms with van der Waals surface area (Å²) in [7, 11) is -3.81. The first-order valence-corrected chi connectivity index (χ1v) is 8.09. The van der Waals surface area contributed by atoms with Gasteiger partial charge in [-0.05, 0) is 25.1 Å². The molecule has 0 spiro atoms. The molecule has 6 nitrogen and oxygen atoms in total. The number of hydrogen-bond donors (Lipinski definition) is 1. The summed E-state index contributed by atoms with van der Waals surface area (Å²) in [5.74, 6) is -0.555. The third kappa shape index (κ3) is 1.88. The molecule has 104 valence electrons. The number of amides is 1. The lowest BCUT2D eigenvalue weighted by Crippen LogP contribution is -2.29. The van der Waals surface area contributed by atoms with Gasteiger partial charge in [0, 0.05) is 16.8 Å². The summed E-state index contributed by atoms with van der Waals surface area (Å²) in [5.41, 5.74) is 6.89. The Morgan fingerprint density at radius 1 is 1.40 bits per heavy atom. The molecule has 8 heteroatoms. The van der Waals surface area contributed by atoms with Crippen LogP contribution in [0, 0.1) is 6.92 Å². The lowest BCUT2D eigenvalue weighted by atomic mass is 10.2. The van der Waals surface area contributed by atoms with Crippen molar-refractivity contribution >= 4 is 33.0 Å². The van der Waals surface area contributed by atoms with E-state index < -0.39 is 15.9 Å². The van der Waals surface area contributed by atoms with Crippen molar-refractivity contribution in [3.05, 3.63) is 39.8 Å². The summed E-state index contributed by atoms with van der Waals surface area (Å²) in [6.07, 6.45) is 0. The third-order valence-corrected chi connectivity index (χ3v) is 5.71. The van der Waals surface area contributed by atoms with Crippen molar-refractivity contribution in [1.29, 1.82) is 0 Å². The highest BCUT2D eigenvalue weighted by molar-refractivity contribution is 7.90. The smallest absolute Gasteiger partial charge is 0.269 e. The van der Waals surface area contributed by atoms with Gasteiger partial charge >= 0.3 is 0 Å². The molecule has 1 aromatic heterocycles. The number of aromatic nitrogens is 1. The van der Waals surface area contributed by atoms with E-state index in [4.69, 9.17) is 5.73 Å². The van der Waals surface area contributed by atoms with Crippen LogP contribution in [0.5, 0.6) is 0 Å². The molecule has 2 aromatic rings. The van der Waals surface area contributed by atoms with Crippen molar-refractivity contribution in [2.45, 2.75) is 18.4 Å². The number of nitrogen functional groups attached to an aromatic ring is 1. The number of thiazole rings is 1. The van der Waals surface area contributed by atoms with Crippen LogP contribution >= 0.6 is 11.3 Å². The van der Waals surface area contributed by atoms with Gasteiger partial charge in [-0.2, -0.15) is 0 Å². The average Bonchev–Trinajstić information content (AvgIpc) is 2.86. The van der Waals surface area contributed by atoms with Crippen molar-refractivity contribution in [1.82, 2.24) is 9.29 Å². The Labute approximate surface area is 119 Å². The van der Waals surface area contributed by atoms with Crippen molar-refractivity contribution in [2.75, 3.05) is 5.73 Å². The maximum absolute atomic E-state index is 12.4. The molecule has 0 aliphatic carbocycles. The van der Waals surface area contributed by atoms with Gasteiger partial charge in [-0.3, -0.25) is 4.79 Å². The molecule has 0 unspecified atom stereocenters. The number of aryl methyl sites for hydroxylation is 1. The van der Waals surface area contributed by atoms with Gasteiger partial charge in [0.05, 0.1) is 12.1 Å². The second kappa shape index (κ2) is 4.29. The molecule has 1 amide bonds. The van der Waals surface area contributed by atoms with E-state index in [2.05, 4.69) is 4.98 Å². The van der Waals surface area contributed by atoms with E-state index in [-0.39, 0.29) is 17.0 Å². The van der Waals surface area contributed by atoms with E-state index in [9.17, 15) is 13.2 Å². The molecule has 0 bridgehead atoms. The van der Waals surface area contributed by atoms with Gasteiger partial charge in [0.15, 0.2) is 0 Å². The first kappa shape index (κ1) is 13.1. The monoisotopic (exact) mass is 309 g/mol. The van der Waals surface area contributed by atoms with Crippen LogP contribution in [-0.2, 0) is 16.6 Å². The number of nitrogens with two attached hydrogens (primary N) is 1. The largest absolute Gasteiger partial charge is 0.399 e. The molecule has 0 fully saturated rings. The molecule has 20 heavy (non-hydrogen) atoms. The molecule has 2 heterocycles. The maximum Gasteiger partial charge on any atom is 0.269 e. The lowest BCUT2D eigenvalue weighted by molar-refractivity contribution is 0.0865. The van der Waals surface area contributed by atoms with Crippen molar-refractivity contribution < 1.29 is 13.2 Å². The van der Waals surface area contributed by atoms with Crippen molar-refractivity contribution in [2.24, 2.45) is 0 Å². The van der Waals surface area contributed by atoms with Crippen LogP contribution in [-0.4, -0.2) is 23.6 Å². The van der Waals surface area contributed by atoms with E-state index in [1.165, 1.54) is 29.5 Å². The number of carbonyl (C=O) groups is 1. The normalized spacial score (nSPS) is 16.4. The van der Waals surface area contributed by atoms with Crippen LogP contribution in [0.3, 0.4) is 0 Å². The number of carbonyl (C=O) groups excluding carboxylic acids is 1. The fourth-order valence-electron chi connectivity index (χ4n) is 2.06. The predicted molar refractivity (Wildman–Crippen MR) is 74.8 cm³/mol. The maximum atomic E-state index is 12.4. The second-order valence-electron chi connectivity index (χ2n) is 4.46. The van der Waals surface area contributed by atoms with Gasteiger partial charge in [0.2, 0.25) is 0 Å². The van der Waals surface area contributed by atoms with Gasteiger partial charge in [0.1, 0.15) is 9.90 Å². The molecule has 0 atom stereocenters. The van der Waals surface area contributed by atoms with Crippen molar-refractivity contribution in [3.8, 4) is 0 Å². The van der Waals surface area contributed by atoms with Crippen LogP contribution < -0.4 is 5.73 Å². The Balaban J connectivity index is 2.05. The fraction of sp³-hybridized carbons (Fsp3) is 0.167. The number of benzene rings is 1. The fourth-order valence-corrected chi connectivity index (χ4v) is 4.41. The second-order valence-corrected chi connectivity index (χ2v) is 7.23. The zero-order valence-corrected chi connectivity index (χ0v) is 12.2. The summed E-state index contributed by atoms with van der Waals surface area (Å²) >= 11 is 1.33. The van der Waals surface area contributed by atoms with E-state index in [1.54, 1.807) is 0 Å². The minimum atomic E-state index is -3.81. The minimum absolute atomic E-state index is 0.00461. The van der Waals surface area contributed by atoms with Crippen LogP contribution in [0.2, 0.25) is 0 Å². The Morgan fingerprint density at radius 3 is 2.80 bits per heavy atom. The minimum Gasteiger partial charge on any atom is -0.399 e. The quantitative estimate of drug-likeness (QED) is 0.846. The highest BCUT2D eigenvalue weighted by Gasteiger charge is 2.41. The van der Waals surface area contributed by atoms with E-state index in [0.29, 0.717) is 10.7 Å². The number of anilines is 1. The highest BCUT2D eigenvalue weighted by atomic mass is 32.2. The van der Waals surface area contributed by atoms with Crippen molar-refractivity contribution in [3.63, 3.8) is 0 Å². The highest BCUT2D eigenvalue weighted by Crippen LogP contribution is 2.33. The Kier molecular flexibility index (Phi) is 2.80. The molecule has 3 rings (SSSR count). The first-order valence-electron chi connectivity index (χ1n) is 5.77. The molecule has 0 saturated heterocycles. The van der Waals surface area contributed by atoms with Crippen LogP contribution in [0.1, 0.15) is 21.1 Å². The Bertz CT molecular complexity index is 811. The van der Waals surface area contributed by atoms with Crippen LogP contribution in [0.15, 0.2) is 28.5 Å². The third-order valence-electron chi connectivity index (χ3n) is 2.97. The summed E-state index contributed by atoms with van der Waals surface area (Å²) < 4.78 is 25.6. The topological polar surface area (TPSA) is 93.4 Å². The zero-order valence-electron chi connectivity index (χ0n) is 10.5. The lowest BCUT2D eigenvalue weighted by Gasteiger charge is -2.12. The number of sulfonamides is 1. The Morgan fingerprint density at radius 2 is 2.15 bits per heavy atom. The molecule has 1 aromatic carbocycles. The SMILES string of the molecule is Cc1csc(CN2C(=O)c3cc(N)ccc3S2(=O)=O)n1. The average molecular weight is 309 g/mol. The number of hydrogen-bond acceptors (Lipinski definition) is 6. The molecular formula is C12H11N3O3S2. The number of nitrogens with zero attached hydrogens (tertiary/aromatic N) is 2. The van der Waals surface area contributed by atoms with Crippen LogP contribution in [0.4, 0.5) is 5.69 Å². The van der Waals surface area contributed by atoms with E-state index >= 15 is 0 Å². The summed E-state index contributed by atoms with van der Waals surface area (Å²) in [6, 6.07) is 4.23. The summed E-state index contributed by atoms with van der Waals surface area (Å²) in [4.78, 5) is 16.4. The standard InChI is InChI=1S/C12H11N3O3S2/c1-7-6-19-11(14-7)5-15-12(16)9-4-8(13)2-3-10(9)20(15,17)18/h2-4,6H,5,13H2,1H3. The zero-order chi connectivity index (χ0) is 14.5. The van der Waals surface area contributed by atoms with Gasteiger partial charge in [-0.25, -0.2) is 17.7 Å². The molecule has 1 aliphatic rings. The molecule has 1 aliphatic heterocycles. The van der Waals surface area contributed by atoms with E-state index in [0.717, 1.165) is 10.00 Å². The van der Waals surface area contributed by atoms with Gasteiger partial charge in [-0.1, -0.05) is 0 Å². The Hall–Kier alpha value is -1.93. The van der Waals surface area contributed by atoms with Gasteiger partial charge in [-0.15, -0.1) is 11.3 Å². The first-order chi connectivity index (χ1) is 9.39. The summed E-state index contributed by atoms with van der Waals surface area (Å²) in [5, 5.41) is 2.40. The van der Waals surface area contributed by atoms with E-state index in [1.807, 2.05) is 12.3 Å². The summed E-state index contributed by atoms with van der Waals surface area (Å²) in [6.45, 7) is 1.77. The van der Waals surface area contributed by atoms with Gasteiger partial charge in [0.25, 0.3) is 15.9 Å². The van der Waals surface area contributed by atoms with Gasteiger partial charge < -0.3 is 5.73 Å². The molecule has 2 N–H and O–H groups in total. The molecular weight excluding hydrogens is 298 g/mol. The predicted octanol–water partition coefficient (Wildman–Crippen LogP) is 1.38. The molecule has 0 saturated carbocycles. The number of rotatable bonds is 2. The molecule has 0 radical (unpaired) electrons.